The lowest BCUT2D eigenvalue weighted by atomic mass is 9.81. The van der Waals surface area contributed by atoms with Gasteiger partial charge in [-0.2, -0.15) is 0 Å². The fourth-order valence-electron chi connectivity index (χ4n) is 2.35. The van der Waals surface area contributed by atoms with Crippen LogP contribution >= 0.6 is 0 Å². The number of rotatable bonds is 10. The first-order chi connectivity index (χ1) is 10.8. The van der Waals surface area contributed by atoms with Crippen LogP contribution in [0.5, 0.6) is 0 Å². The Labute approximate surface area is 139 Å². The first-order valence-corrected chi connectivity index (χ1v) is 8.23. The van der Waals surface area contributed by atoms with Gasteiger partial charge in [-0.25, -0.2) is 4.79 Å². The van der Waals surface area contributed by atoms with Crippen molar-refractivity contribution in [2.24, 2.45) is 11.1 Å². The van der Waals surface area contributed by atoms with E-state index in [1.54, 1.807) is 4.90 Å². The minimum atomic E-state index is -0.480. The monoisotopic (exact) mass is 332 g/mol. The number of hydrogen-bond donors (Lipinski definition) is 1. The van der Waals surface area contributed by atoms with Crippen molar-refractivity contribution >= 4 is 6.09 Å². The van der Waals surface area contributed by atoms with Gasteiger partial charge in [0.15, 0.2) is 0 Å². The van der Waals surface area contributed by atoms with Gasteiger partial charge in [0.05, 0.1) is 38.4 Å². The summed E-state index contributed by atoms with van der Waals surface area (Å²) >= 11 is 0. The molecular formula is C16H32N2O5. The Morgan fingerprint density at radius 3 is 2.26 bits per heavy atom. The topological polar surface area (TPSA) is 83.3 Å². The molecule has 1 saturated heterocycles. The molecule has 0 saturated carbocycles. The van der Waals surface area contributed by atoms with E-state index in [9.17, 15) is 4.79 Å². The predicted molar refractivity (Wildman–Crippen MR) is 87.4 cm³/mol. The highest BCUT2D eigenvalue weighted by atomic mass is 16.6. The average molecular weight is 332 g/mol. The molecule has 7 heteroatoms. The van der Waals surface area contributed by atoms with E-state index in [1.807, 2.05) is 27.7 Å². The summed E-state index contributed by atoms with van der Waals surface area (Å²) in [6.45, 7) is 12.6. The first-order valence-electron chi connectivity index (χ1n) is 8.23. The SMILES string of the molecule is CCOCC1(COCCOCCN)CN(C(=O)OC(C)(C)C)C1. The maximum absolute atomic E-state index is 12.0. The number of carbonyl (C=O) groups is 1. The molecule has 7 nitrogen and oxygen atoms in total. The molecule has 1 aliphatic heterocycles. The summed E-state index contributed by atoms with van der Waals surface area (Å²) in [6, 6.07) is 0. The summed E-state index contributed by atoms with van der Waals surface area (Å²) in [5.74, 6) is 0. The molecule has 0 aromatic heterocycles. The minimum absolute atomic E-state index is 0.152. The summed E-state index contributed by atoms with van der Waals surface area (Å²) in [5.41, 5.74) is 4.72. The smallest absolute Gasteiger partial charge is 0.410 e. The Morgan fingerprint density at radius 1 is 1.09 bits per heavy atom. The molecule has 1 fully saturated rings. The molecule has 0 bridgehead atoms. The van der Waals surface area contributed by atoms with Crippen LogP contribution in [0.4, 0.5) is 4.79 Å². The fourth-order valence-corrected chi connectivity index (χ4v) is 2.35. The van der Waals surface area contributed by atoms with Gasteiger partial charge in [0.1, 0.15) is 5.60 Å². The van der Waals surface area contributed by atoms with Crippen LogP contribution < -0.4 is 5.73 Å². The van der Waals surface area contributed by atoms with Gasteiger partial charge in [0.2, 0.25) is 0 Å². The molecule has 136 valence electrons. The van der Waals surface area contributed by atoms with E-state index >= 15 is 0 Å². The van der Waals surface area contributed by atoms with Crippen LogP contribution in [-0.4, -0.2) is 75.9 Å². The lowest BCUT2D eigenvalue weighted by Gasteiger charge is -2.49. The third-order valence-electron chi connectivity index (χ3n) is 3.36. The summed E-state index contributed by atoms with van der Waals surface area (Å²) in [6.07, 6.45) is -0.282. The number of nitrogens with zero attached hydrogens (tertiary/aromatic N) is 1. The second kappa shape index (κ2) is 9.42. The van der Waals surface area contributed by atoms with Crippen LogP contribution in [0.2, 0.25) is 0 Å². The number of likely N-dealkylation sites (tertiary alicyclic amines) is 1. The van der Waals surface area contributed by atoms with Crippen LogP contribution in [0.25, 0.3) is 0 Å². The van der Waals surface area contributed by atoms with Crippen LogP contribution in [-0.2, 0) is 18.9 Å². The van der Waals surface area contributed by atoms with Crippen molar-refractivity contribution in [3.8, 4) is 0 Å². The van der Waals surface area contributed by atoms with Gasteiger partial charge >= 0.3 is 6.09 Å². The molecule has 0 atom stereocenters. The number of carbonyl (C=O) groups excluding carboxylic acids is 1. The van der Waals surface area contributed by atoms with E-state index in [-0.39, 0.29) is 11.5 Å². The molecule has 1 aliphatic rings. The van der Waals surface area contributed by atoms with Crippen LogP contribution in [0, 0.1) is 5.41 Å². The molecule has 1 amide bonds. The van der Waals surface area contributed by atoms with Crippen LogP contribution in [0.3, 0.4) is 0 Å². The first kappa shape index (κ1) is 20.2. The minimum Gasteiger partial charge on any atom is -0.444 e. The Balaban J connectivity index is 2.36. The molecule has 1 heterocycles. The fraction of sp³-hybridized carbons (Fsp3) is 0.938. The average Bonchev–Trinajstić information content (AvgIpc) is 2.41. The number of amides is 1. The van der Waals surface area contributed by atoms with E-state index in [2.05, 4.69) is 0 Å². The van der Waals surface area contributed by atoms with Gasteiger partial charge in [-0.05, 0) is 27.7 Å². The lowest BCUT2D eigenvalue weighted by Crippen LogP contribution is -2.63. The van der Waals surface area contributed by atoms with Gasteiger partial charge in [-0.15, -0.1) is 0 Å². The maximum atomic E-state index is 12.0. The van der Waals surface area contributed by atoms with Gasteiger partial charge in [-0.3, -0.25) is 0 Å². The quantitative estimate of drug-likeness (QED) is 0.606. The zero-order valence-corrected chi connectivity index (χ0v) is 14.9. The molecule has 0 aliphatic carbocycles. The van der Waals surface area contributed by atoms with Crippen molar-refractivity contribution in [1.82, 2.24) is 4.90 Å². The predicted octanol–water partition coefficient (Wildman–Crippen LogP) is 1.25. The summed E-state index contributed by atoms with van der Waals surface area (Å²) in [5, 5.41) is 0. The van der Waals surface area contributed by atoms with E-state index in [0.717, 1.165) is 0 Å². The van der Waals surface area contributed by atoms with Crippen LogP contribution in [0.15, 0.2) is 0 Å². The van der Waals surface area contributed by atoms with E-state index in [0.29, 0.717) is 59.3 Å². The number of hydrogen-bond acceptors (Lipinski definition) is 6. The van der Waals surface area contributed by atoms with Crippen molar-refractivity contribution in [3.05, 3.63) is 0 Å². The molecule has 0 aromatic carbocycles. The van der Waals surface area contributed by atoms with Gasteiger partial charge in [-0.1, -0.05) is 0 Å². The summed E-state index contributed by atoms with van der Waals surface area (Å²) in [7, 11) is 0. The molecule has 0 radical (unpaired) electrons. The Hall–Kier alpha value is -0.890. The zero-order chi connectivity index (χ0) is 17.3. The molecule has 0 aromatic rings. The van der Waals surface area contributed by atoms with E-state index in [4.69, 9.17) is 24.7 Å². The molecular weight excluding hydrogens is 300 g/mol. The summed E-state index contributed by atoms with van der Waals surface area (Å²) in [4.78, 5) is 13.7. The number of ether oxygens (including phenoxy) is 4. The molecule has 23 heavy (non-hydrogen) atoms. The highest BCUT2D eigenvalue weighted by Gasteiger charge is 2.47. The number of nitrogens with two attached hydrogens (primary N) is 1. The Kier molecular flexibility index (Phi) is 8.25. The maximum Gasteiger partial charge on any atom is 0.410 e. The summed E-state index contributed by atoms with van der Waals surface area (Å²) < 4.78 is 21.9. The highest BCUT2D eigenvalue weighted by molar-refractivity contribution is 5.69. The molecule has 2 N–H and O–H groups in total. The van der Waals surface area contributed by atoms with Crippen LogP contribution in [0.1, 0.15) is 27.7 Å². The Morgan fingerprint density at radius 2 is 1.70 bits per heavy atom. The lowest BCUT2D eigenvalue weighted by molar-refractivity contribution is -0.111. The second-order valence-electron chi connectivity index (χ2n) is 6.93. The third kappa shape index (κ3) is 7.48. The van der Waals surface area contributed by atoms with Crippen molar-refractivity contribution < 1.29 is 23.7 Å². The third-order valence-corrected chi connectivity index (χ3v) is 3.36. The second-order valence-corrected chi connectivity index (χ2v) is 6.93. The molecule has 1 rings (SSSR count). The zero-order valence-electron chi connectivity index (χ0n) is 14.9. The van der Waals surface area contributed by atoms with Gasteiger partial charge in [0.25, 0.3) is 0 Å². The van der Waals surface area contributed by atoms with E-state index < -0.39 is 5.60 Å². The molecule has 0 spiro atoms. The van der Waals surface area contributed by atoms with Crippen molar-refractivity contribution in [1.29, 1.82) is 0 Å². The van der Waals surface area contributed by atoms with Crippen molar-refractivity contribution in [2.45, 2.75) is 33.3 Å². The van der Waals surface area contributed by atoms with Gasteiger partial charge in [0, 0.05) is 26.2 Å². The van der Waals surface area contributed by atoms with Crippen molar-refractivity contribution in [2.75, 3.05) is 59.3 Å². The van der Waals surface area contributed by atoms with E-state index in [1.165, 1.54) is 0 Å². The Bertz CT molecular complexity index is 351. The largest absolute Gasteiger partial charge is 0.444 e. The van der Waals surface area contributed by atoms with Gasteiger partial charge < -0.3 is 29.6 Å². The highest BCUT2D eigenvalue weighted by Crippen LogP contribution is 2.32. The molecule has 0 unspecified atom stereocenters. The standard InChI is InChI=1S/C16H32N2O5/c1-5-20-12-16(13-22-9-8-21-7-6-17)10-18(11-16)14(19)23-15(2,3)4/h5-13,17H2,1-4H3. The normalized spacial score (nSPS) is 17.0. The van der Waals surface area contributed by atoms with Crippen molar-refractivity contribution in [3.63, 3.8) is 0 Å².